The highest BCUT2D eigenvalue weighted by Gasteiger charge is 2.23. The van der Waals surface area contributed by atoms with Gasteiger partial charge >= 0.3 is 0 Å². The van der Waals surface area contributed by atoms with Gasteiger partial charge < -0.3 is 10.1 Å². The van der Waals surface area contributed by atoms with E-state index in [0.29, 0.717) is 6.04 Å². The minimum Gasteiger partial charge on any atom is -0.384 e. The average molecular weight is 284 g/mol. The van der Waals surface area contributed by atoms with Crippen molar-refractivity contribution in [3.8, 4) is 0 Å². The van der Waals surface area contributed by atoms with Crippen molar-refractivity contribution in [3.63, 3.8) is 0 Å². The van der Waals surface area contributed by atoms with E-state index in [1.807, 2.05) is 11.3 Å². The van der Waals surface area contributed by atoms with E-state index >= 15 is 0 Å². The van der Waals surface area contributed by atoms with Crippen LogP contribution in [0.4, 0.5) is 0 Å². The van der Waals surface area contributed by atoms with Crippen LogP contribution in [0.15, 0.2) is 0 Å². The van der Waals surface area contributed by atoms with Gasteiger partial charge in [0.2, 0.25) is 0 Å². The predicted octanol–water partition coefficient (Wildman–Crippen LogP) is 3.52. The van der Waals surface area contributed by atoms with Gasteiger partial charge in [-0.2, -0.15) is 0 Å². The highest BCUT2D eigenvalue weighted by atomic mass is 32.1. The molecule has 19 heavy (non-hydrogen) atoms. The molecule has 0 saturated heterocycles. The van der Waals surface area contributed by atoms with Crippen molar-refractivity contribution in [2.45, 2.75) is 65.5 Å². The lowest BCUT2D eigenvalue weighted by Crippen LogP contribution is -2.25. The van der Waals surface area contributed by atoms with E-state index in [0.717, 1.165) is 26.0 Å². The Morgan fingerprint density at radius 2 is 2.05 bits per heavy atom. The third-order valence-electron chi connectivity index (χ3n) is 3.20. The predicted molar refractivity (Wildman–Crippen MR) is 83.0 cm³/mol. The second-order valence-electron chi connectivity index (χ2n) is 6.06. The summed E-state index contributed by atoms with van der Waals surface area (Å²) in [4.78, 5) is 6.20. The number of methoxy groups -OCH3 is 1. The summed E-state index contributed by atoms with van der Waals surface area (Å²) in [7, 11) is 1.74. The summed E-state index contributed by atoms with van der Waals surface area (Å²) in [6.45, 7) is 12.8. The van der Waals surface area contributed by atoms with E-state index in [9.17, 15) is 0 Å². The highest BCUT2D eigenvalue weighted by Crippen LogP contribution is 2.30. The molecule has 0 spiro atoms. The fraction of sp³-hybridized carbons (Fsp3) is 0.800. The molecule has 1 aromatic rings. The monoisotopic (exact) mass is 284 g/mol. The first kappa shape index (κ1) is 16.6. The lowest BCUT2D eigenvalue weighted by Gasteiger charge is -2.19. The maximum atomic E-state index is 5.15. The lowest BCUT2D eigenvalue weighted by atomic mass is 9.91. The van der Waals surface area contributed by atoms with Gasteiger partial charge in [0.05, 0.1) is 17.3 Å². The van der Waals surface area contributed by atoms with Gasteiger partial charge in [0.1, 0.15) is 0 Å². The summed E-state index contributed by atoms with van der Waals surface area (Å²) in [5.41, 5.74) is 1.34. The molecular weight excluding hydrogens is 256 g/mol. The molecule has 0 bridgehead atoms. The van der Waals surface area contributed by atoms with Crippen LogP contribution < -0.4 is 5.32 Å². The number of ether oxygens (including phenoxy) is 1. The maximum Gasteiger partial charge on any atom is 0.0954 e. The van der Waals surface area contributed by atoms with Crippen molar-refractivity contribution in [1.82, 2.24) is 10.3 Å². The molecule has 1 unspecified atom stereocenters. The molecule has 0 aromatic carbocycles. The summed E-state index contributed by atoms with van der Waals surface area (Å²) in [5.74, 6) is 0. The standard InChI is InChI=1S/C15H28N2OS/c1-7-11(2)16-10-12-14(15(3,4)5)17-13(19-12)8-9-18-6/h11,16H,7-10H2,1-6H3. The number of aromatic nitrogens is 1. The van der Waals surface area contributed by atoms with Crippen LogP contribution in [0, 0.1) is 0 Å². The van der Waals surface area contributed by atoms with Crippen molar-refractivity contribution in [3.05, 3.63) is 15.6 Å². The fourth-order valence-corrected chi connectivity index (χ4v) is 3.02. The van der Waals surface area contributed by atoms with Crippen molar-refractivity contribution in [2.24, 2.45) is 0 Å². The summed E-state index contributed by atoms with van der Waals surface area (Å²) in [6, 6.07) is 0.553. The summed E-state index contributed by atoms with van der Waals surface area (Å²) < 4.78 is 5.15. The van der Waals surface area contributed by atoms with Crippen LogP contribution in [0.5, 0.6) is 0 Å². The smallest absolute Gasteiger partial charge is 0.0954 e. The van der Waals surface area contributed by atoms with Crippen molar-refractivity contribution >= 4 is 11.3 Å². The maximum absolute atomic E-state index is 5.15. The van der Waals surface area contributed by atoms with E-state index in [1.165, 1.54) is 15.6 Å². The number of thiazole rings is 1. The van der Waals surface area contributed by atoms with Gasteiger partial charge in [0, 0.05) is 36.4 Å². The molecule has 0 saturated carbocycles. The SMILES string of the molecule is CCC(C)NCc1sc(CCOC)nc1C(C)(C)C. The Morgan fingerprint density at radius 3 is 2.58 bits per heavy atom. The zero-order chi connectivity index (χ0) is 14.5. The number of rotatable bonds is 7. The Labute approximate surface area is 121 Å². The summed E-state index contributed by atoms with van der Waals surface area (Å²) in [6.07, 6.45) is 2.06. The lowest BCUT2D eigenvalue weighted by molar-refractivity contribution is 0.202. The zero-order valence-corrected chi connectivity index (χ0v) is 14.0. The van der Waals surface area contributed by atoms with Crippen LogP contribution in [0.1, 0.15) is 56.6 Å². The number of hydrogen-bond donors (Lipinski definition) is 1. The molecule has 0 radical (unpaired) electrons. The van der Waals surface area contributed by atoms with Crippen LogP contribution in [-0.2, 0) is 23.1 Å². The summed E-state index contributed by atoms with van der Waals surface area (Å²) in [5, 5.41) is 4.76. The summed E-state index contributed by atoms with van der Waals surface area (Å²) >= 11 is 1.83. The molecule has 3 nitrogen and oxygen atoms in total. The molecule has 1 N–H and O–H groups in total. The van der Waals surface area contributed by atoms with Gasteiger partial charge in [-0.25, -0.2) is 4.98 Å². The molecule has 110 valence electrons. The molecule has 1 atom stereocenters. The molecule has 1 rings (SSSR count). The fourth-order valence-electron chi connectivity index (χ4n) is 1.81. The molecule has 0 fully saturated rings. The zero-order valence-electron chi connectivity index (χ0n) is 13.2. The molecular formula is C15H28N2OS. The van der Waals surface area contributed by atoms with Crippen LogP contribution in [-0.4, -0.2) is 24.7 Å². The van der Waals surface area contributed by atoms with Gasteiger partial charge in [-0.15, -0.1) is 11.3 Å². The first-order chi connectivity index (χ1) is 8.88. The van der Waals surface area contributed by atoms with Gasteiger partial charge in [-0.1, -0.05) is 27.7 Å². The highest BCUT2D eigenvalue weighted by molar-refractivity contribution is 7.11. The Balaban J connectivity index is 2.83. The Morgan fingerprint density at radius 1 is 1.37 bits per heavy atom. The molecule has 1 heterocycles. The quantitative estimate of drug-likeness (QED) is 0.832. The average Bonchev–Trinajstić information content (AvgIpc) is 2.76. The minimum atomic E-state index is 0.105. The van der Waals surface area contributed by atoms with Gasteiger partial charge in [-0.05, 0) is 13.3 Å². The second kappa shape index (κ2) is 7.36. The third-order valence-corrected chi connectivity index (χ3v) is 4.31. The second-order valence-corrected chi connectivity index (χ2v) is 7.23. The number of nitrogens with zero attached hydrogens (tertiary/aromatic N) is 1. The molecule has 0 aliphatic rings. The topological polar surface area (TPSA) is 34.1 Å². The first-order valence-corrected chi connectivity index (χ1v) is 7.91. The van der Waals surface area contributed by atoms with Gasteiger partial charge in [-0.3, -0.25) is 0 Å². The van der Waals surface area contributed by atoms with E-state index in [1.54, 1.807) is 7.11 Å². The third kappa shape index (κ3) is 5.21. The normalized spacial score (nSPS) is 13.8. The van der Waals surface area contributed by atoms with E-state index in [-0.39, 0.29) is 5.41 Å². The van der Waals surface area contributed by atoms with Crippen LogP contribution in [0.25, 0.3) is 0 Å². The minimum absolute atomic E-state index is 0.105. The number of nitrogens with one attached hydrogen (secondary N) is 1. The van der Waals surface area contributed by atoms with Crippen LogP contribution in [0.3, 0.4) is 0 Å². The van der Waals surface area contributed by atoms with Gasteiger partial charge in [0.15, 0.2) is 0 Å². The van der Waals surface area contributed by atoms with E-state index < -0.39 is 0 Å². The van der Waals surface area contributed by atoms with E-state index in [2.05, 4.69) is 39.9 Å². The van der Waals surface area contributed by atoms with Crippen LogP contribution >= 0.6 is 11.3 Å². The van der Waals surface area contributed by atoms with Crippen LogP contribution in [0.2, 0.25) is 0 Å². The van der Waals surface area contributed by atoms with Crippen molar-refractivity contribution < 1.29 is 4.74 Å². The number of hydrogen-bond acceptors (Lipinski definition) is 4. The first-order valence-electron chi connectivity index (χ1n) is 7.09. The molecule has 0 amide bonds. The molecule has 4 heteroatoms. The Bertz CT molecular complexity index is 382. The molecule has 1 aromatic heterocycles. The Hall–Kier alpha value is -0.450. The van der Waals surface area contributed by atoms with Crippen molar-refractivity contribution in [1.29, 1.82) is 0 Å². The van der Waals surface area contributed by atoms with Gasteiger partial charge in [0.25, 0.3) is 0 Å². The van der Waals surface area contributed by atoms with E-state index in [4.69, 9.17) is 9.72 Å². The molecule has 0 aliphatic heterocycles. The van der Waals surface area contributed by atoms with Crippen molar-refractivity contribution in [2.75, 3.05) is 13.7 Å². The molecule has 0 aliphatic carbocycles. The largest absolute Gasteiger partial charge is 0.384 e. The Kier molecular flexibility index (Phi) is 6.43.